The second-order valence-corrected chi connectivity index (χ2v) is 6.89. The van der Waals surface area contributed by atoms with E-state index in [1.807, 2.05) is 30.5 Å². The second-order valence-electron chi connectivity index (χ2n) is 6.89. The highest BCUT2D eigenvalue weighted by Gasteiger charge is 2.39. The normalized spacial score (nSPS) is 24.6. The number of aliphatic hydroxyl groups excluding tert-OH is 1. The Balaban J connectivity index is 1.92. The fraction of sp³-hybridized carbons (Fsp3) is 0.556. The molecule has 0 aromatic carbocycles. The topological polar surface area (TPSA) is 70.3 Å². The van der Waals surface area contributed by atoms with Gasteiger partial charge in [-0.1, -0.05) is 0 Å². The molecule has 0 unspecified atom stereocenters. The molecule has 7 nitrogen and oxygen atoms in total. The Morgan fingerprint density at radius 2 is 2.04 bits per heavy atom. The van der Waals surface area contributed by atoms with Gasteiger partial charge in [-0.2, -0.15) is 0 Å². The zero-order valence-electron chi connectivity index (χ0n) is 14.9. The van der Waals surface area contributed by atoms with Crippen molar-refractivity contribution < 1.29 is 14.6 Å². The molecule has 1 saturated heterocycles. The molecule has 2 aromatic heterocycles. The summed E-state index contributed by atoms with van der Waals surface area (Å²) in [6.45, 7) is 8.71. The average molecular weight is 344 g/mol. The van der Waals surface area contributed by atoms with Crippen molar-refractivity contribution >= 4 is 17.2 Å². The molecule has 2 aliphatic rings. The summed E-state index contributed by atoms with van der Waals surface area (Å²) in [5.74, 6) is -0.0767. The summed E-state index contributed by atoms with van der Waals surface area (Å²) >= 11 is 0. The van der Waals surface area contributed by atoms with E-state index in [9.17, 15) is 9.90 Å². The van der Waals surface area contributed by atoms with E-state index in [0.717, 1.165) is 41.4 Å². The predicted octanol–water partition coefficient (Wildman–Crippen LogP) is 1.05. The number of morpholine rings is 1. The molecule has 0 spiro atoms. The molecule has 0 radical (unpaired) electrons. The first-order valence-corrected chi connectivity index (χ1v) is 8.75. The molecule has 0 saturated carbocycles. The molecule has 2 aromatic rings. The number of aromatic nitrogens is 2. The van der Waals surface area contributed by atoms with Crippen LogP contribution in [0.5, 0.6) is 0 Å². The van der Waals surface area contributed by atoms with E-state index in [1.165, 1.54) is 6.92 Å². The van der Waals surface area contributed by atoms with E-state index in [4.69, 9.17) is 9.72 Å². The maximum atomic E-state index is 12.3. The number of amides is 1. The van der Waals surface area contributed by atoms with Crippen LogP contribution in [0.3, 0.4) is 0 Å². The van der Waals surface area contributed by atoms with E-state index >= 15 is 0 Å². The SMILES string of the molecule is CC(=O)N1C[C@@H](O)[C@H](N2CCOCC2)c2ccn3c(C)c(C)nc3c21. The molecule has 134 valence electrons. The fourth-order valence-electron chi connectivity index (χ4n) is 4.02. The molecule has 7 heteroatoms. The summed E-state index contributed by atoms with van der Waals surface area (Å²) < 4.78 is 7.48. The minimum atomic E-state index is -0.630. The Hall–Kier alpha value is -1.96. The Kier molecular flexibility index (Phi) is 4.02. The molecule has 4 rings (SSSR count). The number of β-amino-alcohol motifs (C(OH)–C–C–N with tert-alkyl or cyclic N) is 1. The Bertz CT molecular complexity index is 825. The first-order chi connectivity index (χ1) is 12.0. The molecule has 4 heterocycles. The van der Waals surface area contributed by atoms with Gasteiger partial charge in [-0.3, -0.25) is 9.69 Å². The van der Waals surface area contributed by atoms with Gasteiger partial charge in [0.15, 0.2) is 5.65 Å². The first kappa shape index (κ1) is 16.5. The molecule has 25 heavy (non-hydrogen) atoms. The number of fused-ring (bicyclic) bond motifs is 3. The van der Waals surface area contributed by atoms with Crippen LogP contribution in [-0.4, -0.2) is 64.3 Å². The van der Waals surface area contributed by atoms with Crippen LogP contribution in [-0.2, 0) is 9.53 Å². The van der Waals surface area contributed by atoms with Crippen molar-refractivity contribution in [1.29, 1.82) is 0 Å². The minimum absolute atomic E-state index is 0.0767. The number of rotatable bonds is 1. The monoisotopic (exact) mass is 344 g/mol. The first-order valence-electron chi connectivity index (χ1n) is 8.75. The molecule has 1 N–H and O–H groups in total. The van der Waals surface area contributed by atoms with Crippen molar-refractivity contribution in [3.63, 3.8) is 0 Å². The van der Waals surface area contributed by atoms with Gasteiger partial charge in [-0.05, 0) is 19.9 Å². The highest BCUT2D eigenvalue weighted by atomic mass is 16.5. The van der Waals surface area contributed by atoms with Gasteiger partial charge in [-0.15, -0.1) is 0 Å². The second kappa shape index (κ2) is 6.09. The standard InChI is InChI=1S/C18H24N4O3/c1-11-12(2)21-5-4-14-16(20-6-8-25-9-7-20)15(24)10-22(13(3)23)17(14)18(21)19-11/h4-5,15-16,24H,6-10H2,1-3H3/t15-,16-/m1/s1. The van der Waals surface area contributed by atoms with E-state index in [1.54, 1.807) is 4.90 Å². The maximum Gasteiger partial charge on any atom is 0.224 e. The van der Waals surface area contributed by atoms with Crippen LogP contribution < -0.4 is 4.90 Å². The van der Waals surface area contributed by atoms with Crippen LogP contribution in [0.4, 0.5) is 5.69 Å². The number of pyridine rings is 1. The molecule has 0 bridgehead atoms. The average Bonchev–Trinajstić information content (AvgIpc) is 2.89. The molecule has 1 amide bonds. The highest BCUT2D eigenvalue weighted by molar-refractivity contribution is 5.97. The van der Waals surface area contributed by atoms with Crippen molar-refractivity contribution in [3.8, 4) is 0 Å². The van der Waals surface area contributed by atoms with Gasteiger partial charge < -0.3 is 19.1 Å². The number of aryl methyl sites for hydroxylation is 2. The van der Waals surface area contributed by atoms with Gasteiger partial charge in [0.2, 0.25) is 5.91 Å². The fourth-order valence-corrected chi connectivity index (χ4v) is 4.02. The van der Waals surface area contributed by atoms with Gasteiger partial charge in [0, 0.05) is 37.5 Å². The van der Waals surface area contributed by atoms with Crippen molar-refractivity contribution in [3.05, 3.63) is 29.2 Å². The van der Waals surface area contributed by atoms with Crippen molar-refractivity contribution in [1.82, 2.24) is 14.3 Å². The number of ether oxygens (including phenoxy) is 1. The lowest BCUT2D eigenvalue weighted by atomic mass is 9.93. The summed E-state index contributed by atoms with van der Waals surface area (Å²) in [4.78, 5) is 20.9. The number of nitrogens with zero attached hydrogens (tertiary/aromatic N) is 4. The summed E-state index contributed by atoms with van der Waals surface area (Å²) in [6, 6.07) is 1.88. The third-order valence-electron chi connectivity index (χ3n) is 5.42. The van der Waals surface area contributed by atoms with Crippen LogP contribution >= 0.6 is 0 Å². The molecule has 0 aliphatic carbocycles. The van der Waals surface area contributed by atoms with E-state index in [2.05, 4.69) is 4.90 Å². The zero-order chi connectivity index (χ0) is 17.7. The quantitative estimate of drug-likeness (QED) is 0.837. The summed E-state index contributed by atoms with van der Waals surface area (Å²) in [6.07, 6.45) is 1.36. The third kappa shape index (κ3) is 2.54. The zero-order valence-corrected chi connectivity index (χ0v) is 14.9. The van der Waals surface area contributed by atoms with Gasteiger partial charge in [0.1, 0.15) is 0 Å². The van der Waals surface area contributed by atoms with Crippen LogP contribution in [0.2, 0.25) is 0 Å². The lowest BCUT2D eigenvalue weighted by Gasteiger charge is -2.43. The number of aliphatic hydroxyl groups is 1. The highest BCUT2D eigenvalue weighted by Crippen LogP contribution is 2.40. The molecule has 1 fully saturated rings. The molecule has 2 atom stereocenters. The summed E-state index contributed by atoms with van der Waals surface area (Å²) in [7, 11) is 0. The number of hydrogen-bond donors (Lipinski definition) is 1. The van der Waals surface area contributed by atoms with Crippen molar-refractivity contribution in [2.75, 3.05) is 37.7 Å². The number of imidazole rings is 1. The van der Waals surface area contributed by atoms with Crippen molar-refractivity contribution in [2.45, 2.75) is 32.9 Å². The van der Waals surface area contributed by atoms with E-state index < -0.39 is 6.10 Å². The molecule has 2 aliphatic heterocycles. The number of carbonyl (C=O) groups excluding carboxylic acids is 1. The third-order valence-corrected chi connectivity index (χ3v) is 5.42. The van der Waals surface area contributed by atoms with Gasteiger partial charge in [-0.25, -0.2) is 4.98 Å². The lowest BCUT2D eigenvalue weighted by Crippen LogP contribution is -2.51. The number of carbonyl (C=O) groups is 1. The Labute approximate surface area is 146 Å². The Morgan fingerprint density at radius 1 is 1.32 bits per heavy atom. The number of anilines is 1. The smallest absolute Gasteiger partial charge is 0.224 e. The van der Waals surface area contributed by atoms with Gasteiger partial charge >= 0.3 is 0 Å². The minimum Gasteiger partial charge on any atom is -0.389 e. The van der Waals surface area contributed by atoms with Crippen LogP contribution in [0.1, 0.15) is 29.9 Å². The lowest BCUT2D eigenvalue weighted by molar-refractivity contribution is -0.117. The van der Waals surface area contributed by atoms with Crippen LogP contribution in [0, 0.1) is 13.8 Å². The summed E-state index contributed by atoms with van der Waals surface area (Å²) in [5.41, 5.74) is 4.59. The van der Waals surface area contributed by atoms with Crippen LogP contribution in [0.25, 0.3) is 5.65 Å². The van der Waals surface area contributed by atoms with Gasteiger partial charge in [0.25, 0.3) is 0 Å². The van der Waals surface area contributed by atoms with Crippen molar-refractivity contribution in [2.24, 2.45) is 0 Å². The number of hydrogen-bond acceptors (Lipinski definition) is 5. The maximum absolute atomic E-state index is 12.3. The van der Waals surface area contributed by atoms with Gasteiger partial charge in [0.05, 0.1) is 43.3 Å². The summed E-state index contributed by atoms with van der Waals surface area (Å²) in [5, 5.41) is 10.8. The Morgan fingerprint density at radius 3 is 2.72 bits per heavy atom. The van der Waals surface area contributed by atoms with E-state index in [0.29, 0.717) is 13.2 Å². The van der Waals surface area contributed by atoms with Crippen LogP contribution in [0.15, 0.2) is 12.3 Å². The molecular weight excluding hydrogens is 320 g/mol. The molecular formula is C18H24N4O3. The predicted molar refractivity (Wildman–Crippen MR) is 93.8 cm³/mol. The largest absolute Gasteiger partial charge is 0.389 e. The van der Waals surface area contributed by atoms with E-state index in [-0.39, 0.29) is 18.5 Å².